The Hall–Kier alpha value is -1.85. The van der Waals surface area contributed by atoms with E-state index in [-0.39, 0.29) is 22.6 Å². The molecule has 0 aliphatic carbocycles. The van der Waals surface area contributed by atoms with Gasteiger partial charge in [-0.25, -0.2) is 13.4 Å². The van der Waals surface area contributed by atoms with Gasteiger partial charge in [-0.15, -0.1) is 0 Å². The molecule has 26 heavy (non-hydrogen) atoms. The summed E-state index contributed by atoms with van der Waals surface area (Å²) in [5.41, 5.74) is 1.07. The molecule has 1 aromatic carbocycles. The highest BCUT2D eigenvalue weighted by Crippen LogP contribution is 2.32. The lowest BCUT2D eigenvalue weighted by Crippen LogP contribution is -2.31. The normalized spacial score (nSPS) is 17.8. The number of aromatic nitrogens is 1. The van der Waals surface area contributed by atoms with Crippen molar-refractivity contribution in [3.8, 4) is 11.9 Å². The largest absolute Gasteiger partial charge is 0.473 e. The second-order valence-corrected chi connectivity index (χ2v) is 8.64. The van der Waals surface area contributed by atoms with E-state index in [4.69, 9.17) is 33.2 Å². The molecule has 2 aromatic rings. The average Bonchev–Trinajstić information content (AvgIpc) is 3.07. The van der Waals surface area contributed by atoms with Gasteiger partial charge in [-0.2, -0.15) is 9.57 Å². The minimum atomic E-state index is -3.76. The second-order valence-electron chi connectivity index (χ2n) is 5.92. The molecule has 0 radical (unpaired) electrons. The topological polar surface area (TPSA) is 83.3 Å². The zero-order valence-corrected chi connectivity index (χ0v) is 16.1. The number of nitrogens with zero attached hydrogens (tertiary/aromatic N) is 3. The Morgan fingerprint density at radius 2 is 2.08 bits per heavy atom. The molecule has 136 valence electrons. The van der Waals surface area contributed by atoms with Gasteiger partial charge in [0.15, 0.2) is 0 Å². The van der Waals surface area contributed by atoms with Crippen LogP contribution in [0.4, 0.5) is 0 Å². The summed E-state index contributed by atoms with van der Waals surface area (Å²) in [4.78, 5) is 4.09. The van der Waals surface area contributed by atoms with Gasteiger partial charge < -0.3 is 4.74 Å². The molecule has 0 saturated carbocycles. The van der Waals surface area contributed by atoms with E-state index >= 15 is 0 Å². The van der Waals surface area contributed by atoms with Crippen LogP contribution in [0, 0.1) is 18.3 Å². The van der Waals surface area contributed by atoms with Crippen molar-refractivity contribution in [3.05, 3.63) is 51.6 Å². The number of hydrogen-bond donors (Lipinski definition) is 0. The van der Waals surface area contributed by atoms with E-state index in [9.17, 15) is 8.42 Å². The minimum absolute atomic E-state index is 0.0336. The highest BCUT2D eigenvalue weighted by Gasteiger charge is 2.35. The van der Waals surface area contributed by atoms with Crippen molar-refractivity contribution in [1.29, 1.82) is 5.26 Å². The molecule has 1 aliphatic rings. The molecule has 0 N–H and O–H groups in total. The van der Waals surface area contributed by atoms with E-state index in [0.717, 1.165) is 0 Å². The van der Waals surface area contributed by atoms with Gasteiger partial charge in [-0.1, -0.05) is 23.2 Å². The number of nitriles is 1. The van der Waals surface area contributed by atoms with Crippen LogP contribution in [0.25, 0.3) is 0 Å². The van der Waals surface area contributed by atoms with Gasteiger partial charge in [-0.3, -0.25) is 0 Å². The van der Waals surface area contributed by atoms with Crippen LogP contribution < -0.4 is 4.74 Å². The number of pyridine rings is 1. The van der Waals surface area contributed by atoms with Crippen molar-refractivity contribution in [3.63, 3.8) is 0 Å². The van der Waals surface area contributed by atoms with E-state index in [1.54, 1.807) is 13.0 Å². The summed E-state index contributed by atoms with van der Waals surface area (Å²) in [7, 11) is -3.76. The van der Waals surface area contributed by atoms with Crippen LogP contribution in [-0.2, 0) is 10.0 Å². The van der Waals surface area contributed by atoms with Crippen LogP contribution in [-0.4, -0.2) is 36.9 Å². The number of ether oxygens (including phenoxy) is 1. The summed E-state index contributed by atoms with van der Waals surface area (Å²) in [6.07, 6.45) is 1.65. The summed E-state index contributed by atoms with van der Waals surface area (Å²) in [6, 6.07) is 8.02. The SMILES string of the molecule is Cc1cc(S(=O)(=O)N2CCC(Oc3cc(C#N)ccn3)C2)c(Cl)cc1Cl. The highest BCUT2D eigenvalue weighted by molar-refractivity contribution is 7.89. The average molecular weight is 412 g/mol. The molecule has 1 aromatic heterocycles. The van der Waals surface area contributed by atoms with E-state index in [1.165, 1.54) is 28.7 Å². The Balaban J connectivity index is 1.77. The second kappa shape index (κ2) is 7.41. The van der Waals surface area contributed by atoms with Gasteiger partial charge in [0, 0.05) is 23.8 Å². The first-order chi connectivity index (χ1) is 12.3. The summed E-state index contributed by atoms with van der Waals surface area (Å²) in [5.74, 6) is 0.300. The monoisotopic (exact) mass is 411 g/mol. The van der Waals surface area contributed by atoms with Crippen LogP contribution in [0.15, 0.2) is 35.4 Å². The fourth-order valence-electron chi connectivity index (χ4n) is 2.69. The maximum Gasteiger partial charge on any atom is 0.244 e. The van der Waals surface area contributed by atoms with Crippen molar-refractivity contribution in [1.82, 2.24) is 9.29 Å². The van der Waals surface area contributed by atoms with Crippen LogP contribution >= 0.6 is 23.2 Å². The van der Waals surface area contributed by atoms with Crippen LogP contribution in [0.1, 0.15) is 17.5 Å². The zero-order valence-electron chi connectivity index (χ0n) is 13.8. The van der Waals surface area contributed by atoms with Gasteiger partial charge in [0.2, 0.25) is 15.9 Å². The molecule has 0 bridgehead atoms. The number of sulfonamides is 1. The van der Waals surface area contributed by atoms with E-state index in [0.29, 0.717) is 35.0 Å². The first kappa shape index (κ1) is 18.9. The van der Waals surface area contributed by atoms with E-state index in [1.807, 2.05) is 6.07 Å². The van der Waals surface area contributed by atoms with E-state index in [2.05, 4.69) is 4.98 Å². The summed E-state index contributed by atoms with van der Waals surface area (Å²) in [5, 5.41) is 9.43. The lowest BCUT2D eigenvalue weighted by atomic mass is 10.2. The van der Waals surface area contributed by atoms with E-state index < -0.39 is 10.0 Å². The third-order valence-electron chi connectivity index (χ3n) is 4.09. The van der Waals surface area contributed by atoms with Crippen molar-refractivity contribution in [2.75, 3.05) is 13.1 Å². The zero-order chi connectivity index (χ0) is 18.9. The third kappa shape index (κ3) is 3.79. The molecular formula is C17H15Cl2N3O3S. The molecule has 1 saturated heterocycles. The first-order valence-corrected chi connectivity index (χ1v) is 9.99. The molecule has 1 unspecified atom stereocenters. The van der Waals surface area contributed by atoms with Crippen LogP contribution in [0.2, 0.25) is 10.0 Å². The number of hydrogen-bond acceptors (Lipinski definition) is 5. The molecule has 1 fully saturated rings. The quantitative estimate of drug-likeness (QED) is 0.769. The predicted octanol–water partition coefficient (Wildman–Crippen LogP) is 3.41. The Morgan fingerprint density at radius 3 is 2.81 bits per heavy atom. The summed E-state index contributed by atoms with van der Waals surface area (Å²) < 4.78 is 32.9. The molecule has 1 aliphatic heterocycles. The number of benzene rings is 1. The third-order valence-corrected chi connectivity index (χ3v) is 6.83. The Kier molecular flexibility index (Phi) is 5.39. The molecule has 0 spiro atoms. The number of rotatable bonds is 4. The Morgan fingerprint density at radius 1 is 1.31 bits per heavy atom. The van der Waals surface area contributed by atoms with Gasteiger partial charge in [0.25, 0.3) is 0 Å². The van der Waals surface area contributed by atoms with Gasteiger partial charge in [0.1, 0.15) is 11.0 Å². The molecule has 1 atom stereocenters. The smallest absolute Gasteiger partial charge is 0.244 e. The highest BCUT2D eigenvalue weighted by atomic mass is 35.5. The maximum atomic E-state index is 12.9. The molecule has 0 amide bonds. The van der Waals surface area contributed by atoms with Crippen molar-refractivity contribution in [2.24, 2.45) is 0 Å². The maximum absolute atomic E-state index is 12.9. The first-order valence-electron chi connectivity index (χ1n) is 7.80. The number of halogens is 2. The molecule has 3 rings (SSSR count). The predicted molar refractivity (Wildman–Crippen MR) is 97.9 cm³/mol. The summed E-state index contributed by atoms with van der Waals surface area (Å²) >= 11 is 12.1. The van der Waals surface area contributed by atoms with Gasteiger partial charge in [0.05, 0.1) is 23.2 Å². The van der Waals surface area contributed by atoms with Crippen molar-refractivity contribution < 1.29 is 13.2 Å². The molecule has 6 nitrogen and oxygen atoms in total. The Labute approximate surface area is 162 Å². The van der Waals surface area contributed by atoms with Gasteiger partial charge >= 0.3 is 0 Å². The van der Waals surface area contributed by atoms with Crippen LogP contribution in [0.3, 0.4) is 0 Å². The van der Waals surface area contributed by atoms with Crippen molar-refractivity contribution in [2.45, 2.75) is 24.3 Å². The van der Waals surface area contributed by atoms with Crippen molar-refractivity contribution >= 4 is 33.2 Å². The molecular weight excluding hydrogens is 397 g/mol. The molecule has 9 heteroatoms. The fraction of sp³-hybridized carbons (Fsp3) is 0.294. The molecule has 2 heterocycles. The minimum Gasteiger partial charge on any atom is -0.473 e. The lowest BCUT2D eigenvalue weighted by molar-refractivity contribution is 0.207. The number of aryl methyl sites for hydroxylation is 1. The lowest BCUT2D eigenvalue weighted by Gasteiger charge is -2.18. The fourth-order valence-corrected chi connectivity index (χ4v) is 4.99. The van der Waals surface area contributed by atoms with Gasteiger partial charge in [-0.05, 0) is 37.1 Å². The van der Waals surface area contributed by atoms with Crippen LogP contribution in [0.5, 0.6) is 5.88 Å². The Bertz CT molecular complexity index is 989. The summed E-state index contributed by atoms with van der Waals surface area (Å²) in [6.45, 7) is 2.21. The standard InChI is InChI=1S/C17H15Cl2N3O3S/c1-11-6-16(15(19)8-14(11)18)26(23,24)22-5-3-13(10-22)25-17-7-12(9-20)2-4-21-17/h2,4,6-8,13H,3,5,10H2,1H3.